The van der Waals surface area contributed by atoms with Crippen LogP contribution >= 0.6 is 0 Å². The molecule has 5 nitrogen and oxygen atoms in total. The van der Waals surface area contributed by atoms with Gasteiger partial charge >= 0.3 is 6.18 Å². The SMILES string of the molecule is CC1(C(=O)Nc2c[nH]c3ccc(OC4CC(c5ccc(C(F)(F)F)cc5)C4)cc23)CCCCC1O. The maximum absolute atomic E-state index is 13.0. The number of amides is 1. The Balaban J connectivity index is 1.23. The number of carbonyl (C=O) groups excluding carboxylic acids is 1. The molecule has 1 aromatic heterocycles. The summed E-state index contributed by atoms with van der Waals surface area (Å²) in [4.78, 5) is 16.2. The third-order valence-corrected chi connectivity index (χ3v) is 7.69. The molecule has 1 amide bonds. The highest BCUT2D eigenvalue weighted by atomic mass is 19.4. The van der Waals surface area contributed by atoms with Gasteiger partial charge in [-0.1, -0.05) is 25.0 Å². The monoisotopic (exact) mass is 486 g/mol. The number of fused-ring (bicyclic) bond motifs is 1. The number of halogens is 3. The van der Waals surface area contributed by atoms with E-state index in [1.807, 2.05) is 25.1 Å². The van der Waals surface area contributed by atoms with Gasteiger partial charge < -0.3 is 20.1 Å². The molecule has 35 heavy (non-hydrogen) atoms. The second-order valence-corrected chi connectivity index (χ2v) is 10.1. The molecule has 8 heteroatoms. The molecule has 2 fully saturated rings. The lowest BCUT2D eigenvalue weighted by molar-refractivity contribution is -0.137. The number of aromatic nitrogens is 1. The molecule has 3 aromatic rings. The Labute approximate surface area is 201 Å². The molecule has 2 unspecified atom stereocenters. The zero-order valence-electron chi connectivity index (χ0n) is 19.5. The average Bonchev–Trinajstić information content (AvgIpc) is 3.19. The first kappa shape index (κ1) is 23.7. The molecule has 0 spiro atoms. The van der Waals surface area contributed by atoms with Crippen molar-refractivity contribution in [1.29, 1.82) is 0 Å². The summed E-state index contributed by atoms with van der Waals surface area (Å²) in [6, 6.07) is 11.0. The first-order valence-corrected chi connectivity index (χ1v) is 12.1. The van der Waals surface area contributed by atoms with Gasteiger partial charge in [0.15, 0.2) is 0 Å². The van der Waals surface area contributed by atoms with Crippen LogP contribution < -0.4 is 10.1 Å². The number of benzene rings is 2. The highest BCUT2D eigenvalue weighted by Crippen LogP contribution is 2.41. The van der Waals surface area contributed by atoms with Crippen LogP contribution in [0, 0.1) is 5.41 Å². The van der Waals surface area contributed by atoms with Crippen molar-refractivity contribution in [1.82, 2.24) is 4.98 Å². The van der Waals surface area contributed by atoms with Crippen molar-refractivity contribution in [2.24, 2.45) is 5.41 Å². The fourth-order valence-electron chi connectivity index (χ4n) is 5.19. The Morgan fingerprint density at radius 1 is 1.14 bits per heavy atom. The van der Waals surface area contributed by atoms with Crippen molar-refractivity contribution in [2.75, 3.05) is 5.32 Å². The maximum atomic E-state index is 13.0. The second kappa shape index (κ2) is 8.90. The quantitative estimate of drug-likeness (QED) is 0.391. The van der Waals surface area contributed by atoms with E-state index in [0.717, 1.165) is 54.3 Å². The van der Waals surface area contributed by atoms with Crippen LogP contribution in [0.5, 0.6) is 5.75 Å². The van der Waals surface area contributed by atoms with Crippen LogP contribution in [0.1, 0.15) is 62.5 Å². The van der Waals surface area contributed by atoms with Crippen molar-refractivity contribution >= 4 is 22.5 Å². The van der Waals surface area contributed by atoms with Crippen LogP contribution in [0.4, 0.5) is 18.9 Å². The summed E-state index contributed by atoms with van der Waals surface area (Å²) >= 11 is 0. The second-order valence-electron chi connectivity index (χ2n) is 10.1. The number of aliphatic hydroxyl groups excluding tert-OH is 1. The predicted molar refractivity (Wildman–Crippen MR) is 127 cm³/mol. The number of H-pyrrole nitrogens is 1. The number of rotatable bonds is 5. The Morgan fingerprint density at radius 2 is 1.89 bits per heavy atom. The lowest BCUT2D eigenvalue weighted by Gasteiger charge is -2.36. The molecule has 5 rings (SSSR count). The zero-order valence-corrected chi connectivity index (χ0v) is 19.5. The Morgan fingerprint density at radius 3 is 2.57 bits per heavy atom. The molecular weight excluding hydrogens is 457 g/mol. The molecule has 0 bridgehead atoms. The molecule has 2 aliphatic rings. The molecule has 0 aliphatic heterocycles. The van der Waals surface area contributed by atoms with Gasteiger partial charge in [0.05, 0.1) is 28.9 Å². The standard InChI is InChI=1S/C27H29F3N2O3/c1-26(11-3-2-4-24(26)33)25(34)32-23-15-31-22-10-9-19(14-21(22)23)35-20-12-17(13-20)16-5-7-18(8-6-16)27(28,29)30/h5-10,14-15,17,20,24,31,33H,2-4,11-13H2,1H3,(H,32,34). The fourth-order valence-corrected chi connectivity index (χ4v) is 5.19. The summed E-state index contributed by atoms with van der Waals surface area (Å²) in [6.07, 6.45) is 1.34. The fraction of sp³-hybridized carbons (Fsp3) is 0.444. The maximum Gasteiger partial charge on any atom is 0.416 e. The van der Waals surface area contributed by atoms with Gasteiger partial charge in [-0.2, -0.15) is 13.2 Å². The van der Waals surface area contributed by atoms with E-state index < -0.39 is 23.3 Å². The van der Waals surface area contributed by atoms with Crippen LogP contribution in [-0.4, -0.2) is 28.2 Å². The zero-order chi connectivity index (χ0) is 24.8. The molecule has 2 aliphatic carbocycles. The lowest BCUT2D eigenvalue weighted by atomic mass is 9.72. The number of hydrogen-bond donors (Lipinski definition) is 3. The molecule has 2 saturated carbocycles. The Kier molecular flexibility index (Phi) is 6.03. The minimum atomic E-state index is -4.33. The number of carbonyl (C=O) groups is 1. The van der Waals surface area contributed by atoms with Crippen LogP contribution in [0.15, 0.2) is 48.7 Å². The van der Waals surface area contributed by atoms with Gasteiger partial charge in [0.25, 0.3) is 0 Å². The topological polar surface area (TPSA) is 74.4 Å². The number of aliphatic hydroxyl groups is 1. The third kappa shape index (κ3) is 4.63. The molecule has 1 heterocycles. The predicted octanol–water partition coefficient (Wildman–Crippen LogP) is 6.39. The van der Waals surface area contributed by atoms with Gasteiger partial charge in [0.1, 0.15) is 5.75 Å². The van der Waals surface area contributed by atoms with Crippen molar-refractivity contribution in [3.8, 4) is 5.75 Å². The molecule has 3 N–H and O–H groups in total. The summed E-state index contributed by atoms with van der Waals surface area (Å²) in [5.74, 6) is 0.665. The molecule has 0 saturated heterocycles. The van der Waals surface area contributed by atoms with Crippen LogP contribution in [0.2, 0.25) is 0 Å². The minimum absolute atomic E-state index is 0.0203. The van der Waals surface area contributed by atoms with E-state index in [4.69, 9.17) is 4.74 Å². The summed E-state index contributed by atoms with van der Waals surface area (Å²) in [7, 11) is 0. The number of anilines is 1. The van der Waals surface area contributed by atoms with Crippen molar-refractivity contribution in [3.63, 3.8) is 0 Å². The number of ether oxygens (including phenoxy) is 1. The molecule has 2 atom stereocenters. The van der Waals surface area contributed by atoms with Gasteiger partial charge in [0.2, 0.25) is 5.91 Å². The van der Waals surface area contributed by atoms with Gasteiger partial charge in [-0.3, -0.25) is 4.79 Å². The minimum Gasteiger partial charge on any atom is -0.490 e. The normalized spacial score (nSPS) is 26.8. The van der Waals surface area contributed by atoms with Gasteiger partial charge in [-0.05, 0) is 74.4 Å². The van der Waals surface area contributed by atoms with Crippen molar-refractivity contribution in [2.45, 2.75) is 69.8 Å². The van der Waals surface area contributed by atoms with E-state index in [-0.39, 0.29) is 17.9 Å². The van der Waals surface area contributed by atoms with Gasteiger partial charge in [-0.25, -0.2) is 0 Å². The summed E-state index contributed by atoms with van der Waals surface area (Å²) < 4.78 is 44.5. The molecular formula is C27H29F3N2O3. The molecule has 2 aromatic carbocycles. The first-order chi connectivity index (χ1) is 16.6. The molecule has 186 valence electrons. The smallest absolute Gasteiger partial charge is 0.416 e. The van der Waals surface area contributed by atoms with E-state index in [9.17, 15) is 23.1 Å². The Bertz CT molecular complexity index is 1210. The van der Waals surface area contributed by atoms with E-state index in [2.05, 4.69) is 10.3 Å². The van der Waals surface area contributed by atoms with E-state index >= 15 is 0 Å². The molecule has 0 radical (unpaired) electrons. The van der Waals surface area contributed by atoms with Crippen LogP contribution in [-0.2, 0) is 11.0 Å². The van der Waals surface area contributed by atoms with Crippen LogP contribution in [0.25, 0.3) is 10.9 Å². The van der Waals surface area contributed by atoms with Crippen molar-refractivity contribution in [3.05, 3.63) is 59.8 Å². The Hall–Kier alpha value is -3.00. The lowest BCUT2D eigenvalue weighted by Crippen LogP contribution is -2.45. The highest BCUT2D eigenvalue weighted by molar-refractivity contribution is 6.04. The average molecular weight is 487 g/mol. The number of aromatic amines is 1. The summed E-state index contributed by atoms with van der Waals surface area (Å²) in [6.45, 7) is 1.82. The number of alkyl halides is 3. The highest BCUT2D eigenvalue weighted by Gasteiger charge is 2.42. The van der Waals surface area contributed by atoms with Gasteiger partial charge in [0, 0.05) is 17.1 Å². The number of nitrogens with one attached hydrogen (secondary N) is 2. The first-order valence-electron chi connectivity index (χ1n) is 12.1. The van der Waals surface area contributed by atoms with Crippen molar-refractivity contribution < 1.29 is 27.8 Å². The van der Waals surface area contributed by atoms with E-state index in [0.29, 0.717) is 24.3 Å². The third-order valence-electron chi connectivity index (χ3n) is 7.69. The van der Waals surface area contributed by atoms with E-state index in [1.54, 1.807) is 18.3 Å². The van der Waals surface area contributed by atoms with Crippen LogP contribution in [0.3, 0.4) is 0 Å². The largest absolute Gasteiger partial charge is 0.490 e. The number of hydrogen-bond acceptors (Lipinski definition) is 3. The summed E-state index contributed by atoms with van der Waals surface area (Å²) in [5, 5.41) is 14.2. The van der Waals surface area contributed by atoms with Gasteiger partial charge in [-0.15, -0.1) is 0 Å². The van der Waals surface area contributed by atoms with E-state index in [1.165, 1.54) is 0 Å². The summed E-state index contributed by atoms with van der Waals surface area (Å²) in [5.41, 5.74) is 0.948.